The number of hydrogen-bond donors (Lipinski definition) is 0. The van der Waals surface area contributed by atoms with Gasteiger partial charge >= 0.3 is 0 Å². The van der Waals surface area contributed by atoms with E-state index >= 15 is 0 Å². The Morgan fingerprint density at radius 2 is 1.31 bits per heavy atom. The summed E-state index contributed by atoms with van der Waals surface area (Å²) >= 11 is 0. The third-order valence-corrected chi connectivity index (χ3v) is 3.68. The Bertz CT molecular complexity index is 857. The highest BCUT2D eigenvalue weighted by atomic mass is 19.1. The highest BCUT2D eigenvalue weighted by Crippen LogP contribution is 2.19. The normalized spacial score (nSPS) is 10.4. The van der Waals surface area contributed by atoms with Gasteiger partial charge in [0.05, 0.1) is 5.56 Å². The topological polar surface area (TPSA) is 35.5 Å². The molecule has 26 heavy (non-hydrogen) atoms. The highest BCUT2D eigenvalue weighted by Gasteiger charge is 2.17. The second-order valence-electron chi connectivity index (χ2n) is 5.55. The van der Waals surface area contributed by atoms with E-state index in [-0.39, 0.29) is 0 Å². The lowest BCUT2D eigenvalue weighted by molar-refractivity contribution is 0.0913. The zero-order valence-electron chi connectivity index (χ0n) is 13.8. The van der Waals surface area contributed by atoms with Gasteiger partial charge in [-0.05, 0) is 42.0 Å². The predicted octanol–water partition coefficient (Wildman–Crippen LogP) is 4.81. The lowest BCUT2D eigenvalue weighted by Gasteiger charge is -2.09. The number of Topliss-reactive ketones (excluding diaryl/α,β-unsaturated/α-hetero) is 1. The molecule has 3 aromatic carbocycles. The number of carbonyl (C=O) groups excluding carboxylic acids is 1. The molecule has 0 N–H and O–H groups in total. The van der Waals surface area contributed by atoms with E-state index in [1.165, 1.54) is 6.07 Å². The van der Waals surface area contributed by atoms with Gasteiger partial charge in [0.1, 0.15) is 29.7 Å². The van der Waals surface area contributed by atoms with Gasteiger partial charge in [0, 0.05) is 0 Å². The van der Waals surface area contributed by atoms with E-state index < -0.39 is 29.6 Å². The summed E-state index contributed by atoms with van der Waals surface area (Å²) in [5, 5.41) is 0. The second kappa shape index (κ2) is 8.25. The van der Waals surface area contributed by atoms with Crippen LogP contribution in [0.2, 0.25) is 0 Å². The molecule has 3 nitrogen and oxygen atoms in total. The summed E-state index contributed by atoms with van der Waals surface area (Å²) < 4.78 is 38.1. The fraction of sp³-hybridized carbons (Fsp3) is 0.0952. The van der Waals surface area contributed by atoms with E-state index in [1.54, 1.807) is 24.3 Å². The maximum absolute atomic E-state index is 13.6. The summed E-state index contributed by atoms with van der Waals surface area (Å²) in [6.07, 6.45) is 0. The van der Waals surface area contributed by atoms with Crippen LogP contribution in [0.4, 0.5) is 8.78 Å². The molecule has 0 aliphatic rings. The maximum Gasteiger partial charge on any atom is 0.206 e. The first kappa shape index (κ1) is 17.6. The smallest absolute Gasteiger partial charge is 0.206 e. The summed E-state index contributed by atoms with van der Waals surface area (Å²) in [7, 11) is 0. The van der Waals surface area contributed by atoms with Crippen LogP contribution in [-0.4, -0.2) is 12.4 Å². The first-order chi connectivity index (χ1) is 12.6. The fourth-order valence-corrected chi connectivity index (χ4v) is 2.36. The number of ether oxygens (including phenoxy) is 2. The molecule has 3 rings (SSSR count). The average molecular weight is 354 g/mol. The zero-order valence-corrected chi connectivity index (χ0v) is 13.8. The Hall–Kier alpha value is -3.21. The van der Waals surface area contributed by atoms with Gasteiger partial charge in [0.25, 0.3) is 0 Å². The molecule has 0 saturated carbocycles. The second-order valence-corrected chi connectivity index (χ2v) is 5.55. The van der Waals surface area contributed by atoms with Crippen LogP contribution in [0.25, 0.3) is 0 Å². The van der Waals surface area contributed by atoms with Crippen LogP contribution < -0.4 is 9.47 Å². The lowest BCUT2D eigenvalue weighted by atomic mass is 10.1. The summed E-state index contributed by atoms with van der Waals surface area (Å²) in [5.74, 6) is -1.51. The van der Waals surface area contributed by atoms with Crippen molar-refractivity contribution in [3.05, 3.63) is 95.6 Å². The van der Waals surface area contributed by atoms with Crippen molar-refractivity contribution in [2.45, 2.75) is 6.61 Å². The minimum Gasteiger partial charge on any atom is -0.489 e. The minimum atomic E-state index is -0.900. The molecule has 0 aliphatic carbocycles. The Balaban J connectivity index is 1.55. The summed E-state index contributed by atoms with van der Waals surface area (Å²) in [6.45, 7) is -0.0197. The molecule has 0 aromatic heterocycles. The summed E-state index contributed by atoms with van der Waals surface area (Å²) in [5.41, 5.74) is 0.459. The third-order valence-electron chi connectivity index (χ3n) is 3.68. The molecule has 0 fully saturated rings. The number of carbonyl (C=O) groups is 1. The van der Waals surface area contributed by atoms with Gasteiger partial charge in [-0.2, -0.15) is 0 Å². The molecular formula is C21H16F2O3. The number of rotatable bonds is 7. The van der Waals surface area contributed by atoms with Gasteiger partial charge in [-0.1, -0.05) is 36.4 Å². The Kier molecular flexibility index (Phi) is 5.59. The van der Waals surface area contributed by atoms with Crippen molar-refractivity contribution >= 4 is 5.78 Å². The van der Waals surface area contributed by atoms with Gasteiger partial charge in [0.15, 0.2) is 6.61 Å². The van der Waals surface area contributed by atoms with Crippen LogP contribution in [0.5, 0.6) is 11.5 Å². The van der Waals surface area contributed by atoms with Crippen molar-refractivity contribution in [2.24, 2.45) is 0 Å². The van der Waals surface area contributed by atoms with Gasteiger partial charge in [0.2, 0.25) is 5.78 Å². The number of ketones is 1. The van der Waals surface area contributed by atoms with E-state index in [9.17, 15) is 13.6 Å². The molecule has 0 heterocycles. The SMILES string of the molecule is O=C(COc1ccc(OCc2ccccc2)cc1)c1c(F)cccc1F. The van der Waals surface area contributed by atoms with Crippen LogP contribution in [0, 0.1) is 11.6 Å². The molecule has 0 unspecified atom stereocenters. The zero-order chi connectivity index (χ0) is 18.4. The minimum absolute atomic E-state index is 0.405. The van der Waals surface area contributed by atoms with Crippen LogP contribution in [0.3, 0.4) is 0 Å². The Morgan fingerprint density at radius 3 is 1.92 bits per heavy atom. The van der Waals surface area contributed by atoms with Gasteiger partial charge in [-0.25, -0.2) is 8.78 Å². The van der Waals surface area contributed by atoms with Crippen LogP contribution in [-0.2, 0) is 6.61 Å². The van der Waals surface area contributed by atoms with Crippen molar-refractivity contribution in [1.29, 1.82) is 0 Å². The third kappa shape index (κ3) is 4.45. The first-order valence-corrected chi connectivity index (χ1v) is 8.00. The highest BCUT2D eigenvalue weighted by molar-refractivity contribution is 5.97. The molecule has 0 spiro atoms. The van der Waals surface area contributed by atoms with Gasteiger partial charge < -0.3 is 9.47 Å². The molecule has 0 aliphatic heterocycles. The quantitative estimate of drug-likeness (QED) is 0.572. The van der Waals surface area contributed by atoms with E-state index in [2.05, 4.69) is 0 Å². The van der Waals surface area contributed by atoms with Crippen molar-refractivity contribution < 1.29 is 23.0 Å². The van der Waals surface area contributed by atoms with Gasteiger partial charge in [-0.15, -0.1) is 0 Å². The summed E-state index contributed by atoms with van der Waals surface area (Å²) in [6, 6.07) is 19.7. The van der Waals surface area contributed by atoms with E-state index in [4.69, 9.17) is 9.47 Å². The molecule has 0 radical (unpaired) electrons. The molecule has 5 heteroatoms. The predicted molar refractivity (Wildman–Crippen MR) is 93.4 cm³/mol. The standard InChI is InChI=1S/C21H16F2O3/c22-18-7-4-8-19(23)21(18)20(24)14-26-17-11-9-16(10-12-17)25-13-15-5-2-1-3-6-15/h1-12H,13-14H2. The molecule has 0 bridgehead atoms. The van der Waals surface area contributed by atoms with Gasteiger partial charge in [-0.3, -0.25) is 4.79 Å². The fourth-order valence-electron chi connectivity index (χ4n) is 2.36. The Morgan fingerprint density at radius 1 is 0.731 bits per heavy atom. The molecule has 3 aromatic rings. The molecule has 0 saturated heterocycles. The van der Waals surface area contributed by atoms with Crippen molar-refractivity contribution in [1.82, 2.24) is 0 Å². The Labute approximate surface area is 149 Å². The summed E-state index contributed by atoms with van der Waals surface area (Å²) in [4.78, 5) is 12.0. The monoisotopic (exact) mass is 354 g/mol. The molecule has 0 atom stereocenters. The van der Waals surface area contributed by atoms with Crippen LogP contribution in [0.15, 0.2) is 72.8 Å². The average Bonchev–Trinajstić information content (AvgIpc) is 2.66. The van der Waals surface area contributed by atoms with Crippen molar-refractivity contribution in [3.63, 3.8) is 0 Å². The molecule has 0 amide bonds. The molecular weight excluding hydrogens is 338 g/mol. The van der Waals surface area contributed by atoms with E-state index in [0.29, 0.717) is 18.1 Å². The van der Waals surface area contributed by atoms with E-state index in [1.807, 2.05) is 30.3 Å². The van der Waals surface area contributed by atoms with E-state index in [0.717, 1.165) is 17.7 Å². The largest absolute Gasteiger partial charge is 0.489 e. The number of halogens is 2. The first-order valence-electron chi connectivity index (χ1n) is 8.00. The molecule has 132 valence electrons. The van der Waals surface area contributed by atoms with Crippen molar-refractivity contribution in [3.8, 4) is 11.5 Å². The van der Waals surface area contributed by atoms with Crippen LogP contribution in [0.1, 0.15) is 15.9 Å². The number of benzene rings is 3. The van der Waals surface area contributed by atoms with Crippen LogP contribution >= 0.6 is 0 Å². The van der Waals surface area contributed by atoms with Crippen molar-refractivity contribution in [2.75, 3.05) is 6.61 Å². The lowest BCUT2D eigenvalue weighted by Crippen LogP contribution is -2.15. The number of hydrogen-bond acceptors (Lipinski definition) is 3. The maximum atomic E-state index is 13.6.